The van der Waals surface area contributed by atoms with E-state index in [0.29, 0.717) is 6.54 Å². The predicted octanol–water partition coefficient (Wildman–Crippen LogP) is 2.71. The Morgan fingerprint density at radius 1 is 1.31 bits per heavy atom. The Balaban J connectivity index is 2.63. The quantitative estimate of drug-likeness (QED) is 0.863. The molecular formula is C11H11F3N2. The molecule has 0 aliphatic carbocycles. The number of nitrogens with one attached hydrogen (secondary N) is 1. The molecule has 0 bridgehead atoms. The first kappa shape index (κ1) is 12.5. The number of alkyl halides is 3. The fourth-order valence-electron chi connectivity index (χ4n) is 1.13. The summed E-state index contributed by atoms with van der Waals surface area (Å²) < 4.78 is 36.7. The van der Waals surface area contributed by atoms with E-state index in [0.717, 1.165) is 17.7 Å². The van der Waals surface area contributed by atoms with Gasteiger partial charge in [0.25, 0.3) is 0 Å². The monoisotopic (exact) mass is 228 g/mol. The van der Waals surface area contributed by atoms with Crippen molar-refractivity contribution in [2.24, 2.45) is 0 Å². The lowest BCUT2D eigenvalue weighted by atomic mass is 10.1. The van der Waals surface area contributed by atoms with Gasteiger partial charge in [0.05, 0.1) is 17.7 Å². The van der Waals surface area contributed by atoms with Crippen LogP contribution in [0.4, 0.5) is 13.2 Å². The van der Waals surface area contributed by atoms with Crippen LogP contribution < -0.4 is 5.32 Å². The van der Waals surface area contributed by atoms with E-state index < -0.39 is 11.7 Å². The summed E-state index contributed by atoms with van der Waals surface area (Å²) in [5, 5.41) is 11.4. The van der Waals surface area contributed by atoms with Crippen LogP contribution in [0.1, 0.15) is 18.1 Å². The Kier molecular flexibility index (Phi) is 3.91. The number of hydrogen-bond acceptors (Lipinski definition) is 2. The fraction of sp³-hybridized carbons (Fsp3) is 0.364. The highest BCUT2D eigenvalue weighted by Crippen LogP contribution is 2.28. The van der Waals surface area contributed by atoms with E-state index in [2.05, 4.69) is 5.32 Å². The van der Waals surface area contributed by atoms with Crippen LogP contribution >= 0.6 is 0 Å². The zero-order valence-corrected chi connectivity index (χ0v) is 8.67. The smallest absolute Gasteiger partial charge is 0.298 e. The second-order valence-electron chi connectivity index (χ2n) is 3.43. The molecule has 0 heterocycles. The van der Waals surface area contributed by atoms with Gasteiger partial charge in [-0.2, -0.15) is 18.4 Å². The van der Waals surface area contributed by atoms with Crippen molar-refractivity contribution < 1.29 is 13.2 Å². The summed E-state index contributed by atoms with van der Waals surface area (Å²) >= 11 is 0. The second kappa shape index (κ2) is 4.99. The largest absolute Gasteiger partial charge is 0.416 e. The maximum absolute atomic E-state index is 12.2. The fourth-order valence-corrected chi connectivity index (χ4v) is 1.13. The van der Waals surface area contributed by atoms with Crippen LogP contribution in [-0.2, 0) is 12.7 Å². The van der Waals surface area contributed by atoms with Gasteiger partial charge in [0.1, 0.15) is 0 Å². The minimum absolute atomic E-state index is 0.317. The van der Waals surface area contributed by atoms with Crippen molar-refractivity contribution in [3.05, 3.63) is 35.4 Å². The Labute approximate surface area is 91.7 Å². The van der Waals surface area contributed by atoms with Gasteiger partial charge in [-0.25, -0.2) is 0 Å². The highest BCUT2D eigenvalue weighted by Gasteiger charge is 2.29. The summed E-state index contributed by atoms with van der Waals surface area (Å²) in [6.45, 7) is 2.07. The van der Waals surface area contributed by atoms with Gasteiger partial charge in [0, 0.05) is 6.54 Å². The average Bonchev–Trinajstić information content (AvgIpc) is 2.25. The van der Waals surface area contributed by atoms with Crippen molar-refractivity contribution in [3.63, 3.8) is 0 Å². The standard InChI is InChI=1S/C11H11F3N2/c1-8(6-15)16-7-9-2-4-10(5-3-9)11(12,13)14/h2-5,8,16H,7H2,1H3. The van der Waals surface area contributed by atoms with Gasteiger partial charge < -0.3 is 0 Å². The molecule has 16 heavy (non-hydrogen) atoms. The topological polar surface area (TPSA) is 35.8 Å². The SMILES string of the molecule is CC(C#N)NCc1ccc(C(F)(F)F)cc1. The first-order valence-electron chi connectivity index (χ1n) is 4.72. The van der Waals surface area contributed by atoms with E-state index in [1.807, 2.05) is 6.07 Å². The van der Waals surface area contributed by atoms with E-state index in [1.165, 1.54) is 12.1 Å². The van der Waals surface area contributed by atoms with Gasteiger partial charge in [-0.1, -0.05) is 12.1 Å². The summed E-state index contributed by atoms with van der Waals surface area (Å²) in [6.07, 6.45) is -4.30. The molecule has 1 rings (SSSR count). The second-order valence-corrected chi connectivity index (χ2v) is 3.43. The zero-order chi connectivity index (χ0) is 12.2. The number of benzene rings is 1. The summed E-state index contributed by atoms with van der Waals surface area (Å²) in [4.78, 5) is 0. The lowest BCUT2D eigenvalue weighted by Crippen LogP contribution is -2.23. The molecular weight excluding hydrogens is 217 g/mol. The number of halogens is 3. The Morgan fingerprint density at radius 2 is 1.88 bits per heavy atom. The molecule has 0 fully saturated rings. The molecule has 0 aliphatic rings. The van der Waals surface area contributed by atoms with Crippen LogP contribution in [0.3, 0.4) is 0 Å². The van der Waals surface area contributed by atoms with Crippen LogP contribution in [0.25, 0.3) is 0 Å². The van der Waals surface area contributed by atoms with Gasteiger partial charge >= 0.3 is 6.18 Å². The zero-order valence-electron chi connectivity index (χ0n) is 8.67. The number of nitrogens with zero attached hydrogens (tertiary/aromatic N) is 1. The number of nitriles is 1. The van der Waals surface area contributed by atoms with E-state index in [9.17, 15) is 13.2 Å². The van der Waals surface area contributed by atoms with Gasteiger partial charge in [-0.05, 0) is 24.6 Å². The molecule has 0 radical (unpaired) electrons. The molecule has 5 heteroatoms. The van der Waals surface area contributed by atoms with Gasteiger partial charge in [0.15, 0.2) is 0 Å². The van der Waals surface area contributed by atoms with E-state index in [-0.39, 0.29) is 6.04 Å². The van der Waals surface area contributed by atoms with Crippen LogP contribution in [0.5, 0.6) is 0 Å². The lowest BCUT2D eigenvalue weighted by molar-refractivity contribution is -0.137. The third-order valence-corrected chi connectivity index (χ3v) is 2.09. The third kappa shape index (κ3) is 3.55. The van der Waals surface area contributed by atoms with E-state index in [4.69, 9.17) is 5.26 Å². The molecule has 1 atom stereocenters. The summed E-state index contributed by atoms with van der Waals surface area (Å²) in [5.74, 6) is 0. The van der Waals surface area contributed by atoms with Gasteiger partial charge in [-0.15, -0.1) is 0 Å². The third-order valence-electron chi connectivity index (χ3n) is 2.09. The Bertz CT molecular complexity index is 376. The highest BCUT2D eigenvalue weighted by molar-refractivity contribution is 5.24. The molecule has 0 amide bonds. The summed E-state index contributed by atoms with van der Waals surface area (Å²) in [5.41, 5.74) is 0.0553. The van der Waals surface area contributed by atoms with E-state index >= 15 is 0 Å². The van der Waals surface area contributed by atoms with Gasteiger partial charge in [-0.3, -0.25) is 5.32 Å². The molecule has 0 spiro atoms. The maximum atomic E-state index is 12.2. The first-order valence-corrected chi connectivity index (χ1v) is 4.72. The van der Waals surface area contributed by atoms with Crippen molar-refractivity contribution in [2.75, 3.05) is 0 Å². The molecule has 0 aromatic heterocycles. The predicted molar refractivity (Wildman–Crippen MR) is 53.4 cm³/mol. The summed E-state index contributed by atoms with van der Waals surface area (Å²) in [7, 11) is 0. The molecule has 1 aromatic rings. The van der Waals surface area contributed by atoms with Crippen LogP contribution in [0.2, 0.25) is 0 Å². The van der Waals surface area contributed by atoms with Crippen LogP contribution in [0.15, 0.2) is 24.3 Å². The van der Waals surface area contributed by atoms with Crippen molar-refractivity contribution in [1.82, 2.24) is 5.32 Å². The normalized spacial score (nSPS) is 13.2. The van der Waals surface area contributed by atoms with Crippen molar-refractivity contribution in [2.45, 2.75) is 25.7 Å². The Morgan fingerprint density at radius 3 is 2.31 bits per heavy atom. The van der Waals surface area contributed by atoms with Gasteiger partial charge in [0.2, 0.25) is 0 Å². The molecule has 1 aromatic carbocycles. The molecule has 0 aliphatic heterocycles. The number of hydrogen-bond donors (Lipinski definition) is 1. The van der Waals surface area contributed by atoms with Crippen LogP contribution in [0, 0.1) is 11.3 Å². The lowest BCUT2D eigenvalue weighted by Gasteiger charge is -2.09. The van der Waals surface area contributed by atoms with Crippen LogP contribution in [-0.4, -0.2) is 6.04 Å². The Hall–Kier alpha value is -1.54. The minimum Gasteiger partial charge on any atom is -0.298 e. The molecule has 2 nitrogen and oxygen atoms in total. The highest BCUT2D eigenvalue weighted by atomic mass is 19.4. The minimum atomic E-state index is -4.30. The molecule has 1 N–H and O–H groups in total. The summed E-state index contributed by atoms with van der Waals surface area (Å²) in [6, 6.07) is 6.54. The van der Waals surface area contributed by atoms with Crippen molar-refractivity contribution in [3.8, 4) is 6.07 Å². The molecule has 1 unspecified atom stereocenters. The average molecular weight is 228 g/mol. The van der Waals surface area contributed by atoms with Crippen molar-refractivity contribution >= 4 is 0 Å². The number of rotatable bonds is 3. The maximum Gasteiger partial charge on any atom is 0.416 e. The molecule has 0 saturated carbocycles. The molecule has 0 saturated heterocycles. The first-order chi connectivity index (χ1) is 7.43. The van der Waals surface area contributed by atoms with E-state index in [1.54, 1.807) is 6.92 Å². The van der Waals surface area contributed by atoms with Crippen molar-refractivity contribution in [1.29, 1.82) is 5.26 Å². The molecule has 86 valence electrons.